The molecule has 0 bridgehead atoms. The molecule has 0 aliphatic heterocycles. The summed E-state index contributed by atoms with van der Waals surface area (Å²) >= 11 is 0. The van der Waals surface area contributed by atoms with Crippen molar-refractivity contribution in [1.29, 1.82) is 0 Å². The molecule has 0 heterocycles. The number of amides is 1. The molecule has 0 fully saturated rings. The molecule has 8 nitrogen and oxygen atoms in total. The lowest BCUT2D eigenvalue weighted by Gasteiger charge is -2.13. The van der Waals surface area contributed by atoms with E-state index < -0.39 is 35.9 Å². The van der Waals surface area contributed by atoms with Crippen LogP contribution in [-0.4, -0.2) is 31.8 Å². The first kappa shape index (κ1) is 19.0. The molecular weight excluding hydrogens is 394 g/mol. The number of anilines is 1. The average molecular weight is 407 g/mol. The normalized spacial score (nSPS) is 12.1. The molecule has 3 aromatic carbocycles. The first-order valence-corrected chi connectivity index (χ1v) is 10.3. The molecule has 3 N–H and O–H groups in total. The second-order valence-corrected chi connectivity index (χ2v) is 8.38. The summed E-state index contributed by atoms with van der Waals surface area (Å²) in [6, 6.07) is 14.0. The minimum atomic E-state index is -4.84. The second-order valence-electron chi connectivity index (χ2n) is 5.60. The number of benzene rings is 3. The van der Waals surface area contributed by atoms with Crippen molar-refractivity contribution in [2.24, 2.45) is 0 Å². The Morgan fingerprint density at radius 1 is 0.815 bits per heavy atom. The maximum atomic E-state index is 12.3. The van der Waals surface area contributed by atoms with Gasteiger partial charge in [-0.15, -0.1) is 0 Å². The number of fused-ring (bicyclic) bond motifs is 1. The first-order chi connectivity index (χ1) is 12.6. The van der Waals surface area contributed by atoms with E-state index in [1.807, 2.05) is 0 Å². The molecule has 0 radical (unpaired) electrons. The van der Waals surface area contributed by atoms with Gasteiger partial charge in [0.1, 0.15) is 4.90 Å². The summed E-state index contributed by atoms with van der Waals surface area (Å²) in [6.45, 7) is 0. The zero-order valence-electron chi connectivity index (χ0n) is 13.5. The van der Waals surface area contributed by atoms with E-state index in [9.17, 15) is 30.7 Å². The summed E-state index contributed by atoms with van der Waals surface area (Å²) in [5, 5.41) is 2.51. The fraction of sp³-hybridized carbons (Fsp3) is 0. The average Bonchev–Trinajstić information content (AvgIpc) is 2.59. The van der Waals surface area contributed by atoms with Crippen LogP contribution in [0.4, 0.5) is 5.69 Å². The number of rotatable bonds is 4. The van der Waals surface area contributed by atoms with Crippen molar-refractivity contribution in [2.75, 3.05) is 5.32 Å². The van der Waals surface area contributed by atoms with Crippen LogP contribution in [0.3, 0.4) is 0 Å². The molecule has 0 aliphatic rings. The topological polar surface area (TPSA) is 138 Å². The van der Waals surface area contributed by atoms with Gasteiger partial charge in [-0.05, 0) is 35.7 Å². The van der Waals surface area contributed by atoms with Crippen LogP contribution in [0.2, 0.25) is 0 Å². The van der Waals surface area contributed by atoms with Crippen LogP contribution >= 0.6 is 0 Å². The summed E-state index contributed by atoms with van der Waals surface area (Å²) < 4.78 is 65.4. The molecule has 0 aromatic heterocycles. The van der Waals surface area contributed by atoms with Gasteiger partial charge in [0.25, 0.3) is 26.1 Å². The van der Waals surface area contributed by atoms with Crippen LogP contribution in [-0.2, 0) is 20.2 Å². The minimum absolute atomic E-state index is 0.168. The van der Waals surface area contributed by atoms with Gasteiger partial charge in [-0.2, -0.15) is 16.8 Å². The van der Waals surface area contributed by atoms with Crippen molar-refractivity contribution in [1.82, 2.24) is 0 Å². The molecule has 0 spiro atoms. The Hall–Kier alpha value is -2.79. The van der Waals surface area contributed by atoms with Crippen LogP contribution < -0.4 is 5.32 Å². The Bertz CT molecular complexity index is 1250. The highest BCUT2D eigenvalue weighted by atomic mass is 32.2. The Morgan fingerprint density at radius 2 is 1.44 bits per heavy atom. The Balaban J connectivity index is 2.22. The minimum Gasteiger partial charge on any atom is -0.321 e. The van der Waals surface area contributed by atoms with E-state index in [0.29, 0.717) is 0 Å². The quantitative estimate of drug-likeness (QED) is 0.565. The molecule has 0 saturated carbocycles. The Morgan fingerprint density at radius 3 is 2.04 bits per heavy atom. The van der Waals surface area contributed by atoms with E-state index in [4.69, 9.17) is 0 Å². The van der Waals surface area contributed by atoms with Gasteiger partial charge in [-0.1, -0.05) is 30.3 Å². The molecular formula is C17H13NO7S2. The van der Waals surface area contributed by atoms with E-state index >= 15 is 0 Å². The van der Waals surface area contributed by atoms with Gasteiger partial charge in [0, 0.05) is 10.9 Å². The molecule has 0 aliphatic carbocycles. The molecule has 140 valence electrons. The third-order valence-electron chi connectivity index (χ3n) is 3.78. The fourth-order valence-corrected chi connectivity index (χ4v) is 3.95. The van der Waals surface area contributed by atoms with E-state index in [-0.39, 0.29) is 22.0 Å². The van der Waals surface area contributed by atoms with Gasteiger partial charge >= 0.3 is 0 Å². The van der Waals surface area contributed by atoms with E-state index in [0.717, 1.165) is 12.1 Å². The maximum absolute atomic E-state index is 12.3. The molecule has 0 unspecified atom stereocenters. The van der Waals surface area contributed by atoms with Crippen LogP contribution in [0, 0.1) is 0 Å². The second kappa shape index (κ2) is 6.74. The van der Waals surface area contributed by atoms with Crippen molar-refractivity contribution in [3.63, 3.8) is 0 Å². The number of hydrogen-bond donors (Lipinski definition) is 3. The van der Waals surface area contributed by atoms with Crippen molar-refractivity contribution < 1.29 is 30.7 Å². The maximum Gasteiger partial charge on any atom is 0.297 e. The van der Waals surface area contributed by atoms with Gasteiger partial charge in [-0.25, -0.2) is 0 Å². The van der Waals surface area contributed by atoms with Crippen LogP contribution in [0.25, 0.3) is 10.8 Å². The van der Waals surface area contributed by atoms with Gasteiger partial charge in [-0.3, -0.25) is 13.9 Å². The summed E-state index contributed by atoms with van der Waals surface area (Å²) in [4.78, 5) is 11.1. The predicted molar refractivity (Wildman–Crippen MR) is 98.0 cm³/mol. The standard InChI is InChI=1S/C17H13NO7S2/c19-17(12-4-2-1-3-5-12)18-15-9-7-11-6-8-13(26(20,21)22)10-14(11)16(15)27(23,24)25/h1-10H,(H,18,19)(H,20,21,22)(H,23,24,25). The molecule has 1 amide bonds. The van der Waals surface area contributed by atoms with Gasteiger partial charge in [0.2, 0.25) is 0 Å². The third-order valence-corrected chi connectivity index (χ3v) is 5.59. The highest BCUT2D eigenvalue weighted by Gasteiger charge is 2.23. The first-order valence-electron chi connectivity index (χ1n) is 7.45. The monoisotopic (exact) mass is 407 g/mol. The van der Waals surface area contributed by atoms with Gasteiger partial charge in [0.15, 0.2) is 0 Å². The van der Waals surface area contributed by atoms with Gasteiger partial charge < -0.3 is 5.32 Å². The zero-order valence-corrected chi connectivity index (χ0v) is 15.2. The van der Waals surface area contributed by atoms with Gasteiger partial charge in [0.05, 0.1) is 10.6 Å². The van der Waals surface area contributed by atoms with E-state index in [1.54, 1.807) is 18.2 Å². The van der Waals surface area contributed by atoms with E-state index in [2.05, 4.69) is 5.32 Å². The Labute approximate surface area is 155 Å². The molecule has 27 heavy (non-hydrogen) atoms. The van der Waals surface area contributed by atoms with E-state index in [1.165, 1.54) is 30.3 Å². The molecule has 3 rings (SSSR count). The smallest absolute Gasteiger partial charge is 0.297 e. The predicted octanol–water partition coefficient (Wildman–Crippen LogP) is 2.59. The van der Waals surface area contributed by atoms with Crippen molar-refractivity contribution in [3.8, 4) is 0 Å². The SMILES string of the molecule is O=C(Nc1ccc2ccc(S(=O)(=O)O)cc2c1S(=O)(=O)O)c1ccccc1. The molecule has 0 atom stereocenters. The summed E-state index contributed by atoms with van der Waals surface area (Å²) in [6.07, 6.45) is 0. The Kier molecular flexibility index (Phi) is 4.74. The van der Waals surface area contributed by atoms with Crippen LogP contribution in [0.1, 0.15) is 10.4 Å². The number of carbonyl (C=O) groups excluding carboxylic acids is 1. The highest BCUT2D eigenvalue weighted by Crippen LogP contribution is 2.32. The number of nitrogens with one attached hydrogen (secondary N) is 1. The lowest BCUT2D eigenvalue weighted by Crippen LogP contribution is -2.15. The third kappa shape index (κ3) is 3.98. The molecule has 3 aromatic rings. The zero-order chi connectivity index (χ0) is 19.8. The fourth-order valence-electron chi connectivity index (χ4n) is 2.59. The number of hydrogen-bond acceptors (Lipinski definition) is 5. The van der Waals surface area contributed by atoms with Crippen molar-refractivity contribution in [2.45, 2.75) is 9.79 Å². The summed E-state index contributed by atoms with van der Waals surface area (Å²) in [5.41, 5.74) is 0.0249. The molecule has 0 saturated heterocycles. The lowest BCUT2D eigenvalue weighted by molar-refractivity contribution is 0.102. The molecule has 10 heteroatoms. The van der Waals surface area contributed by atoms with Crippen LogP contribution in [0.15, 0.2) is 70.5 Å². The lowest BCUT2D eigenvalue weighted by atomic mass is 10.1. The van der Waals surface area contributed by atoms with Crippen molar-refractivity contribution in [3.05, 3.63) is 66.2 Å². The summed E-state index contributed by atoms with van der Waals surface area (Å²) in [7, 11) is -9.44. The largest absolute Gasteiger partial charge is 0.321 e. The summed E-state index contributed by atoms with van der Waals surface area (Å²) in [5.74, 6) is -0.620. The van der Waals surface area contributed by atoms with Crippen molar-refractivity contribution >= 4 is 42.6 Å². The highest BCUT2D eigenvalue weighted by molar-refractivity contribution is 7.86. The van der Waals surface area contributed by atoms with Crippen LogP contribution in [0.5, 0.6) is 0 Å². The number of carbonyl (C=O) groups is 1.